The minimum Gasteiger partial charge on any atom is -0.484 e. The van der Waals surface area contributed by atoms with Gasteiger partial charge in [-0.1, -0.05) is 24.3 Å². The lowest BCUT2D eigenvalue weighted by Crippen LogP contribution is -2.31. The largest absolute Gasteiger partial charge is 0.484 e. The van der Waals surface area contributed by atoms with Crippen LogP contribution in [0.5, 0.6) is 5.75 Å². The van der Waals surface area contributed by atoms with Crippen LogP contribution in [0, 0.1) is 25.2 Å². The topological polar surface area (TPSA) is 62.1 Å². The van der Waals surface area contributed by atoms with Crippen molar-refractivity contribution in [2.45, 2.75) is 26.8 Å². The number of amides is 1. The summed E-state index contributed by atoms with van der Waals surface area (Å²) in [6.45, 7) is 5.98. The van der Waals surface area contributed by atoms with Crippen molar-refractivity contribution < 1.29 is 9.53 Å². The van der Waals surface area contributed by atoms with E-state index in [1.165, 1.54) is 11.1 Å². The monoisotopic (exact) mass is 308 g/mol. The lowest BCUT2D eigenvalue weighted by molar-refractivity contribution is -0.123. The van der Waals surface area contributed by atoms with E-state index < -0.39 is 0 Å². The van der Waals surface area contributed by atoms with Crippen LogP contribution in [0.4, 0.5) is 0 Å². The molecule has 0 fully saturated rings. The third-order valence-electron chi connectivity index (χ3n) is 3.74. The molecule has 2 aromatic carbocycles. The van der Waals surface area contributed by atoms with E-state index >= 15 is 0 Å². The second-order valence-electron chi connectivity index (χ2n) is 5.56. The molecule has 1 amide bonds. The number of ether oxygens (including phenoxy) is 1. The number of benzene rings is 2. The summed E-state index contributed by atoms with van der Waals surface area (Å²) in [7, 11) is 0. The van der Waals surface area contributed by atoms with E-state index in [0.29, 0.717) is 11.3 Å². The molecule has 0 aromatic heterocycles. The highest BCUT2D eigenvalue weighted by atomic mass is 16.5. The van der Waals surface area contributed by atoms with Crippen LogP contribution in [0.25, 0.3) is 0 Å². The van der Waals surface area contributed by atoms with Crippen LogP contribution in [0.1, 0.15) is 35.2 Å². The smallest absolute Gasteiger partial charge is 0.258 e. The van der Waals surface area contributed by atoms with Gasteiger partial charge in [0.1, 0.15) is 5.75 Å². The quantitative estimate of drug-likeness (QED) is 0.920. The minimum absolute atomic E-state index is 0.0793. The standard InChI is InChI=1S/C19H20N2O2/c1-13-7-8-17(9-14(13)2)15(3)21-19(22)12-23-18-6-4-5-16(10-18)11-20/h4-10,15H,12H2,1-3H3,(H,21,22)/t15-/m0/s1. The molecule has 0 saturated heterocycles. The maximum Gasteiger partial charge on any atom is 0.258 e. The van der Waals surface area contributed by atoms with Crippen molar-refractivity contribution in [3.05, 3.63) is 64.7 Å². The third-order valence-corrected chi connectivity index (χ3v) is 3.74. The molecule has 23 heavy (non-hydrogen) atoms. The molecular weight excluding hydrogens is 288 g/mol. The molecule has 0 saturated carbocycles. The second-order valence-corrected chi connectivity index (χ2v) is 5.56. The molecular formula is C19H20N2O2. The average Bonchev–Trinajstić information content (AvgIpc) is 2.55. The van der Waals surface area contributed by atoms with E-state index in [0.717, 1.165) is 5.56 Å². The van der Waals surface area contributed by atoms with Gasteiger partial charge in [-0.05, 0) is 55.7 Å². The van der Waals surface area contributed by atoms with Crippen LogP contribution >= 0.6 is 0 Å². The summed E-state index contributed by atoms with van der Waals surface area (Å²) >= 11 is 0. The van der Waals surface area contributed by atoms with Crippen molar-refractivity contribution in [2.75, 3.05) is 6.61 Å². The van der Waals surface area contributed by atoms with E-state index in [1.54, 1.807) is 24.3 Å². The highest BCUT2D eigenvalue weighted by Gasteiger charge is 2.11. The van der Waals surface area contributed by atoms with Crippen molar-refractivity contribution in [3.63, 3.8) is 0 Å². The molecule has 118 valence electrons. The molecule has 0 aliphatic rings. The summed E-state index contributed by atoms with van der Waals surface area (Å²) in [6, 6.07) is 14.9. The van der Waals surface area contributed by atoms with Gasteiger partial charge in [0.25, 0.3) is 5.91 Å². The molecule has 0 radical (unpaired) electrons. The van der Waals surface area contributed by atoms with Gasteiger partial charge in [0.2, 0.25) is 0 Å². The molecule has 1 atom stereocenters. The van der Waals surface area contributed by atoms with Crippen molar-refractivity contribution in [1.82, 2.24) is 5.32 Å². The Hall–Kier alpha value is -2.80. The molecule has 0 unspecified atom stereocenters. The SMILES string of the molecule is Cc1ccc([C@H](C)NC(=O)COc2cccc(C#N)c2)cc1C. The van der Waals surface area contributed by atoms with Crippen molar-refractivity contribution in [2.24, 2.45) is 0 Å². The second kappa shape index (κ2) is 7.46. The number of nitriles is 1. The molecule has 2 aromatic rings. The Morgan fingerprint density at radius 1 is 1.22 bits per heavy atom. The Labute approximate surface area is 136 Å². The van der Waals surface area contributed by atoms with Gasteiger partial charge in [0.15, 0.2) is 6.61 Å². The first kappa shape index (κ1) is 16.6. The molecule has 1 N–H and O–H groups in total. The molecule has 4 heteroatoms. The minimum atomic E-state index is -0.196. The van der Waals surface area contributed by atoms with Gasteiger partial charge in [0.05, 0.1) is 17.7 Å². The zero-order valence-corrected chi connectivity index (χ0v) is 13.6. The molecule has 0 aliphatic carbocycles. The lowest BCUT2D eigenvalue weighted by atomic mass is 10.0. The van der Waals surface area contributed by atoms with Crippen LogP contribution < -0.4 is 10.1 Å². The summed E-state index contributed by atoms with van der Waals surface area (Å²) in [6.07, 6.45) is 0. The Bertz CT molecular complexity index is 747. The number of hydrogen-bond acceptors (Lipinski definition) is 3. The van der Waals surface area contributed by atoms with E-state index in [2.05, 4.69) is 31.3 Å². The summed E-state index contributed by atoms with van der Waals surface area (Å²) in [5, 5.41) is 11.8. The van der Waals surface area contributed by atoms with Gasteiger partial charge in [-0.15, -0.1) is 0 Å². The maximum atomic E-state index is 12.0. The number of carbonyl (C=O) groups is 1. The maximum absolute atomic E-state index is 12.0. The van der Waals surface area contributed by atoms with Gasteiger partial charge >= 0.3 is 0 Å². The van der Waals surface area contributed by atoms with Crippen LogP contribution in [-0.2, 0) is 4.79 Å². The first-order chi connectivity index (χ1) is 11.0. The van der Waals surface area contributed by atoms with Crippen molar-refractivity contribution in [3.8, 4) is 11.8 Å². The van der Waals surface area contributed by atoms with E-state index in [-0.39, 0.29) is 18.6 Å². The third kappa shape index (κ3) is 4.58. The first-order valence-corrected chi connectivity index (χ1v) is 7.49. The van der Waals surface area contributed by atoms with E-state index in [1.807, 2.05) is 19.1 Å². The summed E-state index contributed by atoms with van der Waals surface area (Å²) in [5.74, 6) is 0.316. The Kier molecular flexibility index (Phi) is 5.37. The van der Waals surface area contributed by atoms with Gasteiger partial charge in [-0.25, -0.2) is 0 Å². The van der Waals surface area contributed by atoms with Crippen LogP contribution in [0.2, 0.25) is 0 Å². The number of carbonyl (C=O) groups excluding carboxylic acids is 1. The fourth-order valence-corrected chi connectivity index (χ4v) is 2.20. The molecule has 4 nitrogen and oxygen atoms in total. The van der Waals surface area contributed by atoms with Gasteiger partial charge < -0.3 is 10.1 Å². The molecule has 0 bridgehead atoms. The Morgan fingerprint density at radius 3 is 2.70 bits per heavy atom. The summed E-state index contributed by atoms with van der Waals surface area (Å²) in [5.41, 5.74) is 4.00. The van der Waals surface area contributed by atoms with Crippen molar-refractivity contribution in [1.29, 1.82) is 5.26 Å². The van der Waals surface area contributed by atoms with E-state index in [4.69, 9.17) is 10.00 Å². The molecule has 0 aliphatic heterocycles. The van der Waals surface area contributed by atoms with Crippen LogP contribution in [0.15, 0.2) is 42.5 Å². The average molecular weight is 308 g/mol. The molecule has 2 rings (SSSR count). The predicted molar refractivity (Wildman–Crippen MR) is 89.1 cm³/mol. The highest BCUT2D eigenvalue weighted by Crippen LogP contribution is 2.17. The number of rotatable bonds is 5. The van der Waals surface area contributed by atoms with Crippen LogP contribution in [0.3, 0.4) is 0 Å². The number of hydrogen-bond donors (Lipinski definition) is 1. The first-order valence-electron chi connectivity index (χ1n) is 7.49. The zero-order valence-electron chi connectivity index (χ0n) is 13.6. The summed E-state index contributed by atoms with van der Waals surface area (Å²) in [4.78, 5) is 12.0. The number of aryl methyl sites for hydroxylation is 2. The molecule has 0 spiro atoms. The van der Waals surface area contributed by atoms with Gasteiger partial charge in [0, 0.05) is 0 Å². The summed E-state index contributed by atoms with van der Waals surface area (Å²) < 4.78 is 5.43. The number of nitrogens with zero attached hydrogens (tertiary/aromatic N) is 1. The fourth-order valence-electron chi connectivity index (χ4n) is 2.20. The van der Waals surface area contributed by atoms with E-state index in [9.17, 15) is 4.79 Å². The normalized spacial score (nSPS) is 11.4. The van der Waals surface area contributed by atoms with Gasteiger partial charge in [-0.3, -0.25) is 4.79 Å². The highest BCUT2D eigenvalue weighted by molar-refractivity contribution is 5.78. The van der Waals surface area contributed by atoms with Crippen LogP contribution in [-0.4, -0.2) is 12.5 Å². The lowest BCUT2D eigenvalue weighted by Gasteiger charge is -2.16. The van der Waals surface area contributed by atoms with Crippen molar-refractivity contribution >= 4 is 5.91 Å². The molecule has 0 heterocycles. The van der Waals surface area contributed by atoms with Gasteiger partial charge in [-0.2, -0.15) is 5.26 Å². The fraction of sp³-hybridized carbons (Fsp3) is 0.263. The predicted octanol–water partition coefficient (Wildman–Crippen LogP) is 3.43. The Morgan fingerprint density at radius 2 is 2.00 bits per heavy atom. The Balaban J connectivity index is 1.91. The zero-order chi connectivity index (χ0) is 16.8. The number of nitrogens with one attached hydrogen (secondary N) is 1.